The van der Waals surface area contributed by atoms with Crippen LogP contribution in [0.2, 0.25) is 0 Å². The van der Waals surface area contributed by atoms with Gasteiger partial charge >= 0.3 is 0 Å². The van der Waals surface area contributed by atoms with Crippen molar-refractivity contribution in [2.45, 2.75) is 6.54 Å². The first-order valence-corrected chi connectivity index (χ1v) is 10.3. The normalized spacial score (nSPS) is 10.8. The number of rotatable bonds is 9. The maximum Gasteiger partial charge on any atom is 0.257 e. The summed E-state index contributed by atoms with van der Waals surface area (Å²) in [4.78, 5) is 27.1. The summed E-state index contributed by atoms with van der Waals surface area (Å²) in [6, 6.07) is 14.1. The Morgan fingerprint density at radius 1 is 1.03 bits per heavy atom. The van der Waals surface area contributed by atoms with E-state index in [2.05, 4.69) is 10.6 Å². The van der Waals surface area contributed by atoms with Gasteiger partial charge in [-0.15, -0.1) is 0 Å². The third-order valence-electron chi connectivity index (χ3n) is 4.32. The second-order valence-corrected chi connectivity index (χ2v) is 7.40. The molecule has 2 amide bonds. The first-order chi connectivity index (χ1) is 14.5. The van der Waals surface area contributed by atoms with Crippen LogP contribution in [0.3, 0.4) is 0 Å². The largest absolute Gasteiger partial charge is 0.395 e. The number of nitrogens with zero attached hydrogens (tertiary/aromatic N) is 1. The first-order valence-electron chi connectivity index (χ1n) is 9.35. The molecule has 0 radical (unpaired) electrons. The highest BCUT2D eigenvalue weighted by molar-refractivity contribution is 7.07. The molecule has 30 heavy (non-hydrogen) atoms. The molecule has 3 N–H and O–H groups in total. The lowest BCUT2D eigenvalue weighted by Gasteiger charge is -2.20. The number of para-hydroxylation sites is 1. The lowest BCUT2D eigenvalue weighted by Crippen LogP contribution is -2.35. The predicted molar refractivity (Wildman–Crippen MR) is 116 cm³/mol. The lowest BCUT2D eigenvalue weighted by molar-refractivity contribution is -0.117. The van der Waals surface area contributed by atoms with Gasteiger partial charge in [0.15, 0.2) is 0 Å². The zero-order chi connectivity index (χ0) is 21.3. The summed E-state index contributed by atoms with van der Waals surface area (Å²) in [7, 11) is 0. The minimum atomic E-state index is -0.414. The second kappa shape index (κ2) is 10.6. The van der Waals surface area contributed by atoms with Crippen LogP contribution < -0.4 is 10.6 Å². The summed E-state index contributed by atoms with van der Waals surface area (Å²) in [5, 5.41) is 18.7. The number of halogens is 1. The third-order valence-corrected chi connectivity index (χ3v) is 5.05. The summed E-state index contributed by atoms with van der Waals surface area (Å²) in [5.74, 6) is -1.10. The Bertz CT molecular complexity index is 978. The molecular formula is C22H22FN3O3S. The molecule has 3 rings (SSSR count). The van der Waals surface area contributed by atoms with E-state index in [1.165, 1.54) is 24.3 Å². The van der Waals surface area contributed by atoms with Crippen LogP contribution in [0.1, 0.15) is 15.9 Å². The molecule has 0 fully saturated rings. The minimum Gasteiger partial charge on any atom is -0.395 e. The highest BCUT2D eigenvalue weighted by Crippen LogP contribution is 2.18. The molecule has 156 valence electrons. The fourth-order valence-corrected chi connectivity index (χ4v) is 3.57. The van der Waals surface area contributed by atoms with Gasteiger partial charge in [-0.05, 0) is 58.8 Å². The number of nitrogens with one attached hydrogen (secondary N) is 2. The maximum atomic E-state index is 13.1. The standard InChI is InChI=1S/C22H22FN3O3S/c23-17-5-7-18(8-6-17)24-22(29)19-3-1-2-4-20(19)25-21(28)14-26(10-11-27)13-16-9-12-30-15-16/h1-9,12,15,27H,10-11,13-14H2,(H,24,29)(H,25,28). The molecule has 0 aliphatic heterocycles. The lowest BCUT2D eigenvalue weighted by atomic mass is 10.1. The summed E-state index contributed by atoms with van der Waals surface area (Å²) >= 11 is 1.57. The van der Waals surface area contributed by atoms with Crippen molar-refractivity contribution in [3.63, 3.8) is 0 Å². The van der Waals surface area contributed by atoms with E-state index in [0.29, 0.717) is 30.0 Å². The Morgan fingerprint density at radius 3 is 2.50 bits per heavy atom. The molecule has 1 aromatic heterocycles. The molecular weight excluding hydrogens is 405 g/mol. The van der Waals surface area contributed by atoms with E-state index in [1.54, 1.807) is 35.6 Å². The summed E-state index contributed by atoms with van der Waals surface area (Å²) in [5.41, 5.74) is 2.19. The third kappa shape index (κ3) is 6.21. The van der Waals surface area contributed by atoms with E-state index >= 15 is 0 Å². The molecule has 0 saturated heterocycles. The van der Waals surface area contributed by atoms with E-state index in [4.69, 9.17) is 0 Å². The number of hydrogen-bond donors (Lipinski definition) is 3. The Balaban J connectivity index is 1.66. The van der Waals surface area contributed by atoms with Gasteiger partial charge in [0.05, 0.1) is 24.4 Å². The quantitative estimate of drug-likeness (QED) is 0.488. The molecule has 1 heterocycles. The van der Waals surface area contributed by atoms with Gasteiger partial charge in [-0.3, -0.25) is 14.5 Å². The van der Waals surface area contributed by atoms with Crippen LogP contribution in [0, 0.1) is 5.82 Å². The number of thiophene rings is 1. The van der Waals surface area contributed by atoms with Crippen molar-refractivity contribution < 1.29 is 19.1 Å². The van der Waals surface area contributed by atoms with Crippen molar-refractivity contribution in [2.24, 2.45) is 0 Å². The van der Waals surface area contributed by atoms with Crippen molar-refractivity contribution in [3.05, 3.63) is 82.3 Å². The zero-order valence-corrected chi connectivity index (χ0v) is 17.0. The number of anilines is 2. The average molecular weight is 428 g/mol. The molecule has 0 saturated carbocycles. The molecule has 6 nitrogen and oxygen atoms in total. The highest BCUT2D eigenvalue weighted by atomic mass is 32.1. The van der Waals surface area contributed by atoms with Crippen LogP contribution in [0.15, 0.2) is 65.4 Å². The zero-order valence-electron chi connectivity index (χ0n) is 16.2. The minimum absolute atomic E-state index is 0.0614. The van der Waals surface area contributed by atoms with Gasteiger partial charge in [-0.1, -0.05) is 12.1 Å². The Kier molecular flexibility index (Phi) is 7.67. The van der Waals surface area contributed by atoms with Crippen LogP contribution in [-0.2, 0) is 11.3 Å². The SMILES string of the molecule is O=C(CN(CCO)Cc1ccsc1)Nc1ccccc1C(=O)Nc1ccc(F)cc1. The first kappa shape index (κ1) is 21.6. The van der Waals surface area contributed by atoms with Crippen LogP contribution >= 0.6 is 11.3 Å². The Labute approximate surface area is 178 Å². The summed E-state index contributed by atoms with van der Waals surface area (Å²) in [6.45, 7) is 0.915. The van der Waals surface area contributed by atoms with Gasteiger partial charge in [0.1, 0.15) is 5.82 Å². The van der Waals surface area contributed by atoms with Crippen molar-refractivity contribution in [3.8, 4) is 0 Å². The molecule has 0 spiro atoms. The van der Waals surface area contributed by atoms with Crippen molar-refractivity contribution >= 4 is 34.5 Å². The van der Waals surface area contributed by atoms with E-state index in [9.17, 15) is 19.1 Å². The molecule has 0 aliphatic carbocycles. The molecule has 0 unspecified atom stereocenters. The monoisotopic (exact) mass is 427 g/mol. The van der Waals surface area contributed by atoms with E-state index in [-0.39, 0.29) is 19.1 Å². The highest BCUT2D eigenvalue weighted by Gasteiger charge is 2.16. The van der Waals surface area contributed by atoms with E-state index < -0.39 is 11.7 Å². The average Bonchev–Trinajstić information content (AvgIpc) is 3.23. The number of aliphatic hydroxyl groups excluding tert-OH is 1. The van der Waals surface area contributed by atoms with Gasteiger partial charge in [-0.25, -0.2) is 4.39 Å². The molecule has 8 heteroatoms. The number of hydrogen-bond acceptors (Lipinski definition) is 5. The summed E-state index contributed by atoms with van der Waals surface area (Å²) in [6.07, 6.45) is 0. The van der Waals surface area contributed by atoms with Crippen LogP contribution in [-0.4, -0.2) is 41.5 Å². The van der Waals surface area contributed by atoms with Gasteiger partial charge < -0.3 is 15.7 Å². The molecule has 2 aromatic carbocycles. The van der Waals surface area contributed by atoms with Crippen molar-refractivity contribution in [2.75, 3.05) is 30.3 Å². The smallest absolute Gasteiger partial charge is 0.257 e. The van der Waals surface area contributed by atoms with Crippen molar-refractivity contribution in [1.29, 1.82) is 0 Å². The van der Waals surface area contributed by atoms with Crippen LogP contribution in [0.4, 0.5) is 15.8 Å². The fraction of sp³-hybridized carbons (Fsp3) is 0.182. The number of carbonyl (C=O) groups excluding carboxylic acids is 2. The summed E-state index contributed by atoms with van der Waals surface area (Å²) < 4.78 is 13.1. The van der Waals surface area contributed by atoms with Crippen LogP contribution in [0.25, 0.3) is 0 Å². The van der Waals surface area contributed by atoms with E-state index in [0.717, 1.165) is 5.56 Å². The number of aliphatic hydroxyl groups is 1. The fourth-order valence-electron chi connectivity index (χ4n) is 2.91. The second-order valence-electron chi connectivity index (χ2n) is 6.62. The van der Waals surface area contributed by atoms with Crippen molar-refractivity contribution in [1.82, 2.24) is 4.90 Å². The number of amides is 2. The Hall–Kier alpha value is -3.07. The van der Waals surface area contributed by atoms with Crippen LogP contribution in [0.5, 0.6) is 0 Å². The van der Waals surface area contributed by atoms with Gasteiger partial charge in [0, 0.05) is 18.8 Å². The molecule has 0 atom stereocenters. The van der Waals surface area contributed by atoms with Gasteiger partial charge in [-0.2, -0.15) is 11.3 Å². The molecule has 3 aromatic rings. The van der Waals surface area contributed by atoms with Gasteiger partial charge in [0.25, 0.3) is 5.91 Å². The van der Waals surface area contributed by atoms with E-state index in [1.807, 2.05) is 21.7 Å². The number of carbonyl (C=O) groups is 2. The topological polar surface area (TPSA) is 81.7 Å². The molecule has 0 bridgehead atoms. The maximum absolute atomic E-state index is 13.1. The van der Waals surface area contributed by atoms with Gasteiger partial charge in [0.2, 0.25) is 5.91 Å². The predicted octanol–water partition coefficient (Wildman–Crippen LogP) is 3.57. The Morgan fingerprint density at radius 2 is 1.80 bits per heavy atom. The molecule has 0 aliphatic rings. The number of benzene rings is 2.